The fraction of sp³-hybridized carbons (Fsp3) is 0.667. The zero-order valence-electron chi connectivity index (χ0n) is 6.19. The van der Waals surface area contributed by atoms with Gasteiger partial charge in [0.15, 0.2) is 10.1 Å². The minimum absolute atomic E-state index is 0.202. The van der Waals surface area contributed by atoms with Gasteiger partial charge in [-0.1, -0.05) is 15.9 Å². The Morgan fingerprint density at radius 3 is 2.00 bits per heavy atom. The lowest BCUT2D eigenvalue weighted by Gasteiger charge is -2.15. The molecule has 1 unspecified atom stereocenters. The summed E-state index contributed by atoms with van der Waals surface area (Å²) in [4.78, 5) is 21.7. The van der Waals surface area contributed by atoms with E-state index in [0.717, 1.165) is 0 Å². The summed E-state index contributed by atoms with van der Waals surface area (Å²) in [6, 6.07) is 0. The number of hydrogen-bond donors (Lipinski definition) is 1. The Morgan fingerprint density at radius 2 is 1.90 bits per heavy atom. The van der Waals surface area contributed by atoms with Crippen LogP contribution in [0.3, 0.4) is 0 Å². The van der Waals surface area contributed by atoms with Crippen LogP contribution in [-0.4, -0.2) is 23.1 Å². The molecule has 0 radical (unpaired) electrons. The van der Waals surface area contributed by atoms with Crippen molar-refractivity contribution in [3.05, 3.63) is 0 Å². The van der Waals surface area contributed by atoms with Crippen LogP contribution in [-0.2, 0) is 9.59 Å². The molecule has 0 aromatic carbocycles. The molecule has 0 bridgehead atoms. The minimum atomic E-state index is -1.07. The third-order valence-electron chi connectivity index (χ3n) is 1.31. The third kappa shape index (κ3) is 1.80. The number of ketones is 1. The molecular formula is C6H10BrNO2. The second-order valence-corrected chi connectivity index (χ2v) is 3.72. The fourth-order valence-electron chi connectivity index (χ4n) is 0.395. The molecule has 0 rings (SSSR count). The molecule has 0 aliphatic heterocycles. The van der Waals surface area contributed by atoms with Crippen molar-refractivity contribution >= 4 is 27.6 Å². The fourth-order valence-corrected chi connectivity index (χ4v) is 0.593. The lowest BCUT2D eigenvalue weighted by Crippen LogP contribution is -2.43. The van der Waals surface area contributed by atoms with E-state index < -0.39 is 4.32 Å². The van der Waals surface area contributed by atoms with Crippen molar-refractivity contribution in [3.8, 4) is 0 Å². The Balaban J connectivity index is 4.40. The molecular weight excluding hydrogens is 198 g/mol. The molecule has 0 aliphatic carbocycles. The van der Waals surface area contributed by atoms with E-state index >= 15 is 0 Å². The van der Waals surface area contributed by atoms with E-state index in [1.165, 1.54) is 20.9 Å². The Labute approximate surface area is 68.3 Å². The molecule has 10 heavy (non-hydrogen) atoms. The molecule has 1 atom stereocenters. The van der Waals surface area contributed by atoms with Crippen LogP contribution in [0, 0.1) is 0 Å². The quantitative estimate of drug-likeness (QED) is 0.529. The Bertz CT molecular complexity index is 165. The normalized spacial score (nSPS) is 15.6. The van der Waals surface area contributed by atoms with Crippen LogP contribution in [0.25, 0.3) is 0 Å². The summed E-state index contributed by atoms with van der Waals surface area (Å²) in [5.41, 5.74) is 0. The predicted molar refractivity (Wildman–Crippen MR) is 42.1 cm³/mol. The standard InChI is InChI=1S/C6H10BrNO2/c1-4(9)6(2,7)5(10)8-3/h1-3H3,(H,8,10). The Morgan fingerprint density at radius 1 is 1.50 bits per heavy atom. The molecule has 0 saturated heterocycles. The molecule has 0 spiro atoms. The SMILES string of the molecule is CNC(=O)C(C)(Br)C(C)=O. The first kappa shape index (κ1) is 9.62. The molecule has 0 aromatic heterocycles. The van der Waals surface area contributed by atoms with E-state index in [1.54, 1.807) is 0 Å². The van der Waals surface area contributed by atoms with Gasteiger partial charge in [-0.05, 0) is 13.8 Å². The van der Waals surface area contributed by atoms with E-state index in [0.29, 0.717) is 0 Å². The van der Waals surface area contributed by atoms with Gasteiger partial charge < -0.3 is 5.32 Å². The molecule has 0 heterocycles. The topological polar surface area (TPSA) is 46.2 Å². The number of amides is 1. The van der Waals surface area contributed by atoms with Gasteiger partial charge in [0.05, 0.1) is 0 Å². The maximum absolute atomic E-state index is 10.9. The van der Waals surface area contributed by atoms with Gasteiger partial charge in [-0.3, -0.25) is 9.59 Å². The van der Waals surface area contributed by atoms with Crippen molar-refractivity contribution < 1.29 is 9.59 Å². The molecule has 1 N–H and O–H groups in total. The van der Waals surface area contributed by atoms with Crippen LogP contribution < -0.4 is 5.32 Å². The first-order valence-electron chi connectivity index (χ1n) is 2.85. The largest absolute Gasteiger partial charge is 0.358 e. The minimum Gasteiger partial charge on any atom is -0.358 e. The summed E-state index contributed by atoms with van der Waals surface area (Å²) >= 11 is 3.01. The average Bonchev–Trinajstić information content (AvgIpc) is 1.86. The van der Waals surface area contributed by atoms with Crippen LogP contribution in [0.5, 0.6) is 0 Å². The third-order valence-corrected chi connectivity index (χ3v) is 2.23. The monoisotopic (exact) mass is 207 g/mol. The maximum atomic E-state index is 10.9. The van der Waals surface area contributed by atoms with Crippen molar-refractivity contribution in [2.45, 2.75) is 18.2 Å². The Kier molecular flexibility index (Phi) is 3.02. The molecule has 3 nitrogen and oxygen atoms in total. The highest BCUT2D eigenvalue weighted by molar-refractivity contribution is 9.10. The lowest BCUT2D eigenvalue weighted by atomic mass is 10.1. The summed E-state index contributed by atoms with van der Waals surface area (Å²) in [5, 5.41) is 2.38. The first-order valence-corrected chi connectivity index (χ1v) is 3.64. The van der Waals surface area contributed by atoms with Gasteiger partial charge in [0.25, 0.3) is 0 Å². The number of nitrogens with one attached hydrogen (secondary N) is 1. The zero-order valence-corrected chi connectivity index (χ0v) is 7.78. The number of alkyl halides is 1. The summed E-state index contributed by atoms with van der Waals surface area (Å²) in [5.74, 6) is -0.521. The summed E-state index contributed by atoms with van der Waals surface area (Å²) in [6.07, 6.45) is 0. The lowest BCUT2D eigenvalue weighted by molar-refractivity contribution is -0.129. The van der Waals surface area contributed by atoms with Crippen LogP contribution in [0.2, 0.25) is 0 Å². The molecule has 1 amide bonds. The number of carbonyl (C=O) groups is 2. The molecule has 0 aromatic rings. The number of rotatable bonds is 2. The van der Waals surface area contributed by atoms with E-state index in [1.807, 2.05) is 0 Å². The van der Waals surface area contributed by atoms with Crippen LogP contribution in [0.1, 0.15) is 13.8 Å². The van der Waals surface area contributed by atoms with Crippen LogP contribution >= 0.6 is 15.9 Å². The van der Waals surface area contributed by atoms with Crippen molar-refractivity contribution in [2.75, 3.05) is 7.05 Å². The molecule has 0 saturated carbocycles. The van der Waals surface area contributed by atoms with Gasteiger partial charge in [-0.2, -0.15) is 0 Å². The van der Waals surface area contributed by atoms with Gasteiger partial charge in [0.2, 0.25) is 5.91 Å². The van der Waals surface area contributed by atoms with Crippen molar-refractivity contribution in [1.29, 1.82) is 0 Å². The molecule has 58 valence electrons. The maximum Gasteiger partial charge on any atom is 0.243 e. The van der Waals surface area contributed by atoms with Crippen molar-refractivity contribution in [2.24, 2.45) is 0 Å². The van der Waals surface area contributed by atoms with Gasteiger partial charge >= 0.3 is 0 Å². The number of hydrogen-bond acceptors (Lipinski definition) is 2. The van der Waals surface area contributed by atoms with Gasteiger partial charge in [-0.25, -0.2) is 0 Å². The summed E-state index contributed by atoms with van der Waals surface area (Å²) in [7, 11) is 1.49. The number of Topliss-reactive ketones (excluding diaryl/α,β-unsaturated/α-hetero) is 1. The number of carbonyl (C=O) groups excluding carboxylic acids is 2. The van der Waals surface area contributed by atoms with Gasteiger partial charge in [0, 0.05) is 7.05 Å². The molecule has 0 aliphatic rings. The Hall–Kier alpha value is -0.380. The number of halogens is 1. The highest BCUT2D eigenvalue weighted by Crippen LogP contribution is 2.17. The second kappa shape index (κ2) is 3.14. The van der Waals surface area contributed by atoms with E-state index in [9.17, 15) is 9.59 Å². The van der Waals surface area contributed by atoms with Gasteiger partial charge in [0.1, 0.15) is 0 Å². The van der Waals surface area contributed by atoms with E-state index in [-0.39, 0.29) is 11.7 Å². The van der Waals surface area contributed by atoms with Crippen molar-refractivity contribution in [1.82, 2.24) is 5.32 Å². The van der Waals surface area contributed by atoms with Gasteiger partial charge in [-0.15, -0.1) is 0 Å². The first-order chi connectivity index (χ1) is 4.42. The van der Waals surface area contributed by atoms with E-state index in [4.69, 9.17) is 0 Å². The van der Waals surface area contributed by atoms with Crippen molar-refractivity contribution in [3.63, 3.8) is 0 Å². The average molecular weight is 208 g/mol. The molecule has 0 fully saturated rings. The van der Waals surface area contributed by atoms with Crippen LogP contribution in [0.15, 0.2) is 0 Å². The smallest absolute Gasteiger partial charge is 0.243 e. The second-order valence-electron chi connectivity index (χ2n) is 2.14. The zero-order chi connectivity index (χ0) is 8.36. The summed E-state index contributed by atoms with van der Waals surface area (Å²) in [6.45, 7) is 2.89. The highest BCUT2D eigenvalue weighted by Gasteiger charge is 2.33. The van der Waals surface area contributed by atoms with E-state index in [2.05, 4.69) is 21.2 Å². The van der Waals surface area contributed by atoms with Crippen LogP contribution in [0.4, 0.5) is 0 Å². The molecule has 4 heteroatoms. The highest BCUT2D eigenvalue weighted by atomic mass is 79.9. The predicted octanol–water partition coefficient (Wildman–Crippen LogP) is 0.475. The summed E-state index contributed by atoms with van der Waals surface area (Å²) < 4.78 is -1.07.